The molecule has 6 heteroatoms. The van der Waals surface area contributed by atoms with Crippen LogP contribution < -0.4 is 16.4 Å². The van der Waals surface area contributed by atoms with Crippen molar-refractivity contribution in [3.63, 3.8) is 0 Å². The number of nitrogens with two attached hydrogens (primary N) is 1. The number of nitrogens with one attached hydrogen (secondary N) is 2. The van der Waals surface area contributed by atoms with E-state index in [-0.39, 0.29) is 11.5 Å². The number of carbonyl (C=O) groups is 2. The largest absolute Gasteiger partial charge is 0.444 e. The zero-order chi connectivity index (χ0) is 19.3. The van der Waals surface area contributed by atoms with Crippen LogP contribution in [-0.2, 0) is 11.3 Å². The summed E-state index contributed by atoms with van der Waals surface area (Å²) in [6.07, 6.45) is -0.424. The molecule has 1 atom stereocenters. The molecule has 1 aromatic carbocycles. The summed E-state index contributed by atoms with van der Waals surface area (Å²) < 4.78 is 5.29. The van der Waals surface area contributed by atoms with Crippen molar-refractivity contribution in [2.45, 2.75) is 59.2 Å². The van der Waals surface area contributed by atoms with Gasteiger partial charge < -0.3 is 21.1 Å². The number of hydrogen-bond donors (Lipinski definition) is 3. The molecule has 1 aromatic rings. The summed E-state index contributed by atoms with van der Waals surface area (Å²) in [5.74, 6) is -0.152. The van der Waals surface area contributed by atoms with Crippen molar-refractivity contribution in [1.29, 1.82) is 0 Å². The Labute approximate surface area is 150 Å². The summed E-state index contributed by atoms with van der Waals surface area (Å²) in [7, 11) is 0. The Balaban J connectivity index is 2.65. The number of rotatable bonds is 7. The minimum atomic E-state index is -0.520. The third kappa shape index (κ3) is 7.13. The van der Waals surface area contributed by atoms with Gasteiger partial charge in [0.2, 0.25) is 5.91 Å². The minimum absolute atomic E-state index is 0.285. The average molecular weight is 349 g/mol. The fraction of sp³-hybridized carbons (Fsp3) is 0.579. The molecule has 0 aliphatic heterocycles. The molecule has 0 unspecified atom stereocenters. The highest BCUT2D eigenvalue weighted by molar-refractivity contribution is 5.92. The quantitative estimate of drug-likeness (QED) is 0.705. The minimum Gasteiger partial charge on any atom is -0.444 e. The molecule has 0 bridgehead atoms. The Morgan fingerprint density at radius 2 is 1.68 bits per heavy atom. The van der Waals surface area contributed by atoms with Gasteiger partial charge in [0.1, 0.15) is 5.60 Å². The number of benzene rings is 1. The highest BCUT2D eigenvalue weighted by atomic mass is 16.6. The topological polar surface area (TPSA) is 93.4 Å². The lowest BCUT2D eigenvalue weighted by Gasteiger charge is -2.35. The molecule has 25 heavy (non-hydrogen) atoms. The molecular formula is C19H31N3O3. The molecule has 0 spiro atoms. The highest BCUT2D eigenvalue weighted by Crippen LogP contribution is 2.17. The van der Waals surface area contributed by atoms with E-state index < -0.39 is 17.6 Å². The van der Waals surface area contributed by atoms with Crippen molar-refractivity contribution in [2.24, 2.45) is 11.7 Å². The van der Waals surface area contributed by atoms with Gasteiger partial charge in [0, 0.05) is 24.2 Å². The van der Waals surface area contributed by atoms with Gasteiger partial charge >= 0.3 is 6.09 Å². The van der Waals surface area contributed by atoms with Crippen molar-refractivity contribution >= 4 is 12.0 Å². The van der Waals surface area contributed by atoms with Gasteiger partial charge in [-0.15, -0.1) is 0 Å². The van der Waals surface area contributed by atoms with E-state index in [1.165, 1.54) is 0 Å². The summed E-state index contributed by atoms with van der Waals surface area (Å²) in [5.41, 5.74) is 5.95. The lowest BCUT2D eigenvalue weighted by molar-refractivity contribution is 0.0503. The Morgan fingerprint density at radius 3 is 2.12 bits per heavy atom. The molecule has 0 aliphatic rings. The molecule has 4 N–H and O–H groups in total. The van der Waals surface area contributed by atoms with Gasteiger partial charge in [0.25, 0.3) is 0 Å². The zero-order valence-electron chi connectivity index (χ0n) is 16.1. The number of ether oxygens (including phenoxy) is 1. The van der Waals surface area contributed by atoms with Crippen molar-refractivity contribution in [2.75, 3.05) is 6.54 Å². The van der Waals surface area contributed by atoms with Crippen molar-refractivity contribution in [1.82, 2.24) is 10.6 Å². The van der Waals surface area contributed by atoms with Gasteiger partial charge in [-0.3, -0.25) is 4.79 Å². The Morgan fingerprint density at radius 1 is 1.12 bits per heavy atom. The van der Waals surface area contributed by atoms with Gasteiger partial charge in [-0.05, 0) is 51.3 Å². The smallest absolute Gasteiger partial charge is 0.407 e. The number of carbonyl (C=O) groups excluding carboxylic acids is 2. The summed E-state index contributed by atoms with van der Waals surface area (Å²) in [5, 5.41) is 6.33. The lowest BCUT2D eigenvalue weighted by Crippen LogP contribution is -2.55. The molecular weight excluding hydrogens is 318 g/mol. The number of amides is 2. The summed E-state index contributed by atoms with van der Waals surface area (Å²) in [6, 6.07) is 7.17. The van der Waals surface area contributed by atoms with Crippen LogP contribution in [0.25, 0.3) is 0 Å². The van der Waals surface area contributed by atoms with Crippen LogP contribution in [-0.4, -0.2) is 29.7 Å². The first-order valence-electron chi connectivity index (χ1n) is 8.53. The van der Waals surface area contributed by atoms with E-state index in [0.29, 0.717) is 18.7 Å². The van der Waals surface area contributed by atoms with E-state index in [1.54, 1.807) is 12.1 Å². The van der Waals surface area contributed by atoms with Crippen LogP contribution in [0.5, 0.6) is 0 Å². The van der Waals surface area contributed by atoms with Crippen molar-refractivity contribution in [3.05, 3.63) is 35.4 Å². The summed E-state index contributed by atoms with van der Waals surface area (Å²) >= 11 is 0. The molecule has 0 aromatic heterocycles. The van der Waals surface area contributed by atoms with E-state index in [4.69, 9.17) is 10.5 Å². The van der Waals surface area contributed by atoms with Gasteiger partial charge in [0.15, 0.2) is 0 Å². The van der Waals surface area contributed by atoms with Crippen LogP contribution in [0.3, 0.4) is 0 Å². The van der Waals surface area contributed by atoms with E-state index in [9.17, 15) is 9.59 Å². The van der Waals surface area contributed by atoms with Gasteiger partial charge in [-0.2, -0.15) is 0 Å². The first-order valence-corrected chi connectivity index (χ1v) is 8.53. The second-order valence-electron chi connectivity index (χ2n) is 7.84. The number of primary amides is 1. The van der Waals surface area contributed by atoms with Crippen molar-refractivity contribution < 1.29 is 14.3 Å². The maximum Gasteiger partial charge on any atom is 0.407 e. The first kappa shape index (κ1) is 21.0. The van der Waals surface area contributed by atoms with Crippen LogP contribution in [0, 0.1) is 5.92 Å². The first-order chi connectivity index (χ1) is 11.4. The highest BCUT2D eigenvalue weighted by Gasteiger charge is 2.29. The molecule has 6 nitrogen and oxygen atoms in total. The Kier molecular flexibility index (Phi) is 6.99. The van der Waals surface area contributed by atoms with Gasteiger partial charge in [0.05, 0.1) is 0 Å². The maximum atomic E-state index is 11.9. The molecule has 0 heterocycles. The SMILES string of the molecule is CC(C)[C@](C)(CNC(=O)OC(C)(C)C)NCc1ccc(C(N)=O)cc1. The average Bonchev–Trinajstić information content (AvgIpc) is 2.49. The van der Waals surface area contributed by atoms with Crippen LogP contribution in [0.1, 0.15) is 57.5 Å². The fourth-order valence-electron chi connectivity index (χ4n) is 2.13. The Bertz CT molecular complexity index is 591. The zero-order valence-corrected chi connectivity index (χ0v) is 16.1. The standard InChI is InChI=1S/C19H31N3O3/c1-13(2)19(6,12-21-17(24)25-18(3,4)5)22-11-14-7-9-15(10-8-14)16(20)23/h7-10,13,22H,11-12H2,1-6H3,(H2,20,23)(H,21,24)/t19-/m0/s1. The van der Waals surface area contributed by atoms with E-state index >= 15 is 0 Å². The van der Waals surface area contributed by atoms with E-state index in [0.717, 1.165) is 5.56 Å². The summed E-state index contributed by atoms with van der Waals surface area (Å²) in [4.78, 5) is 23.0. The molecule has 2 amide bonds. The Hall–Kier alpha value is -2.08. The lowest BCUT2D eigenvalue weighted by atomic mass is 9.88. The monoisotopic (exact) mass is 349 g/mol. The van der Waals surface area contributed by atoms with E-state index in [2.05, 4.69) is 31.4 Å². The molecule has 0 radical (unpaired) electrons. The van der Waals surface area contributed by atoms with Crippen LogP contribution in [0.4, 0.5) is 4.79 Å². The second kappa shape index (κ2) is 8.34. The third-order valence-corrected chi connectivity index (χ3v) is 4.21. The van der Waals surface area contributed by atoms with Crippen LogP contribution in [0.2, 0.25) is 0 Å². The van der Waals surface area contributed by atoms with Crippen LogP contribution >= 0.6 is 0 Å². The predicted octanol–water partition coefficient (Wildman–Crippen LogP) is 2.81. The van der Waals surface area contributed by atoms with Gasteiger partial charge in [-0.25, -0.2) is 4.79 Å². The molecule has 0 saturated heterocycles. The number of hydrogen-bond acceptors (Lipinski definition) is 4. The van der Waals surface area contributed by atoms with Crippen molar-refractivity contribution in [3.8, 4) is 0 Å². The molecule has 0 aliphatic carbocycles. The maximum absolute atomic E-state index is 11.9. The molecule has 140 valence electrons. The third-order valence-electron chi connectivity index (χ3n) is 4.21. The van der Waals surface area contributed by atoms with Crippen LogP contribution in [0.15, 0.2) is 24.3 Å². The van der Waals surface area contributed by atoms with Gasteiger partial charge in [-0.1, -0.05) is 26.0 Å². The summed E-state index contributed by atoms with van der Waals surface area (Å²) in [6.45, 7) is 12.8. The number of alkyl carbamates (subject to hydrolysis) is 1. The second-order valence-corrected chi connectivity index (χ2v) is 7.84. The fourth-order valence-corrected chi connectivity index (χ4v) is 2.13. The normalized spacial score (nSPS) is 14.0. The molecule has 0 saturated carbocycles. The predicted molar refractivity (Wildman–Crippen MR) is 99.3 cm³/mol. The van der Waals surface area contributed by atoms with E-state index in [1.807, 2.05) is 32.9 Å². The molecule has 0 fully saturated rings. The molecule has 1 rings (SSSR count).